The average Bonchev–Trinajstić information content (AvgIpc) is 2.72. The van der Waals surface area contributed by atoms with Gasteiger partial charge in [0.15, 0.2) is 0 Å². The van der Waals surface area contributed by atoms with Gasteiger partial charge in [-0.2, -0.15) is 0 Å². The van der Waals surface area contributed by atoms with E-state index < -0.39 is 0 Å². The van der Waals surface area contributed by atoms with Gasteiger partial charge in [-0.15, -0.1) is 0 Å². The summed E-state index contributed by atoms with van der Waals surface area (Å²) in [4.78, 5) is 0. The summed E-state index contributed by atoms with van der Waals surface area (Å²) in [5, 5.41) is 3.40. The Labute approximate surface area is 88.4 Å². The molecule has 84 valence electrons. The number of ether oxygens (including phenoxy) is 1. The summed E-state index contributed by atoms with van der Waals surface area (Å²) < 4.78 is 5.79. The Morgan fingerprint density at radius 1 is 1.36 bits per heavy atom. The van der Waals surface area contributed by atoms with Crippen molar-refractivity contribution < 1.29 is 4.74 Å². The van der Waals surface area contributed by atoms with E-state index in [1.54, 1.807) is 0 Å². The number of hydrogen-bond donors (Lipinski definition) is 1. The van der Waals surface area contributed by atoms with Gasteiger partial charge in [-0.25, -0.2) is 0 Å². The van der Waals surface area contributed by atoms with Gasteiger partial charge >= 0.3 is 0 Å². The van der Waals surface area contributed by atoms with Gasteiger partial charge in [0.1, 0.15) is 0 Å². The lowest BCUT2D eigenvalue weighted by atomic mass is 9.99. The Morgan fingerprint density at radius 3 is 2.50 bits per heavy atom. The molecule has 0 amide bonds. The Bertz CT molecular complexity index is 143. The highest BCUT2D eigenvalue weighted by atomic mass is 16.5. The van der Waals surface area contributed by atoms with Gasteiger partial charge < -0.3 is 10.1 Å². The van der Waals surface area contributed by atoms with Crippen molar-refractivity contribution in [3.05, 3.63) is 0 Å². The van der Waals surface area contributed by atoms with Gasteiger partial charge in [0.2, 0.25) is 0 Å². The van der Waals surface area contributed by atoms with Crippen LogP contribution in [-0.4, -0.2) is 25.8 Å². The first-order valence-electron chi connectivity index (χ1n) is 6.06. The van der Waals surface area contributed by atoms with Crippen molar-refractivity contribution >= 4 is 0 Å². The first-order chi connectivity index (χ1) is 6.77. The van der Waals surface area contributed by atoms with Crippen LogP contribution < -0.4 is 5.32 Å². The van der Waals surface area contributed by atoms with E-state index in [0.717, 1.165) is 18.9 Å². The minimum absolute atomic E-state index is 0.409. The zero-order valence-electron chi connectivity index (χ0n) is 9.88. The zero-order chi connectivity index (χ0) is 10.4. The Morgan fingerprint density at radius 2 is 2.00 bits per heavy atom. The molecule has 2 unspecified atom stereocenters. The lowest BCUT2D eigenvalue weighted by Crippen LogP contribution is -2.37. The van der Waals surface area contributed by atoms with Crippen LogP contribution >= 0.6 is 0 Å². The highest BCUT2D eigenvalue weighted by molar-refractivity contribution is 4.79. The maximum Gasteiger partial charge on any atom is 0.0625 e. The Balaban J connectivity index is 2.23. The molecule has 0 aromatic heterocycles. The second-order valence-corrected chi connectivity index (χ2v) is 4.49. The van der Waals surface area contributed by atoms with Gasteiger partial charge in [-0.05, 0) is 39.2 Å². The molecular formula is C12H25NO. The molecule has 14 heavy (non-hydrogen) atoms. The Hall–Kier alpha value is -0.0800. The summed E-state index contributed by atoms with van der Waals surface area (Å²) in [5.41, 5.74) is 0. The van der Waals surface area contributed by atoms with Gasteiger partial charge in [-0.1, -0.05) is 19.8 Å². The molecule has 0 aromatic rings. The predicted molar refractivity (Wildman–Crippen MR) is 60.5 cm³/mol. The monoisotopic (exact) mass is 199 g/mol. The molecular weight excluding hydrogens is 174 g/mol. The van der Waals surface area contributed by atoms with Crippen molar-refractivity contribution in [1.82, 2.24) is 5.32 Å². The van der Waals surface area contributed by atoms with Crippen molar-refractivity contribution in [1.29, 1.82) is 0 Å². The summed E-state index contributed by atoms with van der Waals surface area (Å²) in [7, 11) is 2.06. The van der Waals surface area contributed by atoms with Crippen LogP contribution in [0.5, 0.6) is 0 Å². The minimum Gasteiger partial charge on any atom is -0.377 e. The van der Waals surface area contributed by atoms with E-state index in [4.69, 9.17) is 4.74 Å². The fourth-order valence-corrected chi connectivity index (χ4v) is 2.20. The molecule has 1 rings (SSSR count). The molecule has 1 N–H and O–H groups in total. The third-order valence-corrected chi connectivity index (χ3v) is 3.47. The van der Waals surface area contributed by atoms with Gasteiger partial charge in [-0.3, -0.25) is 0 Å². The smallest absolute Gasteiger partial charge is 0.0625 e. The second kappa shape index (κ2) is 6.41. The first-order valence-corrected chi connectivity index (χ1v) is 6.06. The summed E-state index contributed by atoms with van der Waals surface area (Å²) in [6.07, 6.45) is 7.11. The van der Waals surface area contributed by atoms with Crippen LogP contribution in [0.3, 0.4) is 0 Å². The van der Waals surface area contributed by atoms with Gasteiger partial charge in [0.05, 0.1) is 12.7 Å². The largest absolute Gasteiger partial charge is 0.377 e. The van der Waals surface area contributed by atoms with E-state index in [1.807, 2.05) is 0 Å². The van der Waals surface area contributed by atoms with Crippen LogP contribution in [0.1, 0.15) is 46.0 Å². The molecule has 0 spiro atoms. The molecule has 0 heterocycles. The molecule has 1 saturated carbocycles. The molecule has 1 fully saturated rings. The van der Waals surface area contributed by atoms with Gasteiger partial charge in [0, 0.05) is 6.04 Å². The van der Waals surface area contributed by atoms with Gasteiger partial charge in [0.25, 0.3) is 0 Å². The van der Waals surface area contributed by atoms with E-state index in [1.165, 1.54) is 25.7 Å². The van der Waals surface area contributed by atoms with E-state index in [2.05, 4.69) is 26.2 Å². The van der Waals surface area contributed by atoms with Crippen LogP contribution in [0.15, 0.2) is 0 Å². The number of nitrogens with one attached hydrogen (secondary N) is 1. The molecule has 0 bridgehead atoms. The summed E-state index contributed by atoms with van der Waals surface area (Å²) in [6, 6.07) is 0.575. The maximum atomic E-state index is 5.79. The molecule has 0 saturated heterocycles. The van der Waals surface area contributed by atoms with Crippen LogP contribution in [0, 0.1) is 5.92 Å². The third-order valence-electron chi connectivity index (χ3n) is 3.47. The first kappa shape index (κ1) is 12.0. The predicted octanol–water partition coefficient (Wildman–Crippen LogP) is 2.58. The summed E-state index contributed by atoms with van der Waals surface area (Å²) >= 11 is 0. The topological polar surface area (TPSA) is 21.3 Å². The van der Waals surface area contributed by atoms with E-state index in [0.29, 0.717) is 12.1 Å². The molecule has 2 atom stereocenters. The Kier molecular flexibility index (Phi) is 5.49. The lowest BCUT2D eigenvalue weighted by molar-refractivity contribution is 0.0380. The quantitative estimate of drug-likeness (QED) is 0.710. The summed E-state index contributed by atoms with van der Waals surface area (Å²) in [5.74, 6) is 0.851. The van der Waals surface area contributed by atoms with Crippen LogP contribution in [0.4, 0.5) is 0 Å². The van der Waals surface area contributed by atoms with Crippen LogP contribution in [0.2, 0.25) is 0 Å². The fraction of sp³-hybridized carbons (Fsp3) is 1.00. The molecule has 1 aliphatic rings. The van der Waals surface area contributed by atoms with Crippen molar-refractivity contribution in [3.8, 4) is 0 Å². The third kappa shape index (κ3) is 3.58. The van der Waals surface area contributed by atoms with E-state index in [-0.39, 0.29) is 0 Å². The van der Waals surface area contributed by atoms with Crippen LogP contribution in [0.25, 0.3) is 0 Å². The number of rotatable bonds is 6. The minimum atomic E-state index is 0.409. The van der Waals surface area contributed by atoms with Crippen molar-refractivity contribution in [2.45, 2.75) is 58.1 Å². The van der Waals surface area contributed by atoms with Crippen molar-refractivity contribution in [2.75, 3.05) is 13.7 Å². The lowest BCUT2D eigenvalue weighted by Gasteiger charge is -2.24. The van der Waals surface area contributed by atoms with Crippen molar-refractivity contribution in [2.24, 2.45) is 5.92 Å². The number of hydrogen-bond acceptors (Lipinski definition) is 2. The molecule has 2 nitrogen and oxygen atoms in total. The fourth-order valence-electron chi connectivity index (χ4n) is 2.20. The zero-order valence-corrected chi connectivity index (χ0v) is 9.88. The molecule has 2 heteroatoms. The summed E-state index contributed by atoms with van der Waals surface area (Å²) in [6.45, 7) is 5.21. The standard InChI is InChI=1S/C12H25NO/c1-4-10(2)14-9-12(13-3)11-7-5-6-8-11/h10-13H,4-9H2,1-3H3. The van der Waals surface area contributed by atoms with Crippen LogP contribution in [-0.2, 0) is 4.74 Å². The maximum absolute atomic E-state index is 5.79. The number of likely N-dealkylation sites (N-methyl/N-ethyl adjacent to an activating group) is 1. The highest BCUT2D eigenvalue weighted by Crippen LogP contribution is 2.27. The van der Waals surface area contributed by atoms with Crippen molar-refractivity contribution in [3.63, 3.8) is 0 Å². The average molecular weight is 199 g/mol. The SMILES string of the molecule is CCC(C)OCC(NC)C1CCCC1. The second-order valence-electron chi connectivity index (χ2n) is 4.49. The molecule has 0 aromatic carbocycles. The highest BCUT2D eigenvalue weighted by Gasteiger charge is 2.24. The molecule has 0 aliphatic heterocycles. The van der Waals surface area contributed by atoms with E-state index >= 15 is 0 Å². The molecule has 0 radical (unpaired) electrons. The normalized spacial score (nSPS) is 22.5. The van der Waals surface area contributed by atoms with E-state index in [9.17, 15) is 0 Å². The molecule has 1 aliphatic carbocycles.